The molecule has 0 aromatic carbocycles. The molecule has 0 fully saturated rings. The van der Waals surface area contributed by atoms with Crippen LogP contribution in [0, 0.1) is 6.92 Å². The van der Waals surface area contributed by atoms with E-state index < -0.39 is 0 Å². The zero-order valence-electron chi connectivity index (χ0n) is 11.2. The summed E-state index contributed by atoms with van der Waals surface area (Å²) in [7, 11) is 0. The minimum atomic E-state index is -0.108. The number of aromatic nitrogens is 4. The monoisotopic (exact) mass is 266 g/mol. The Kier molecular flexibility index (Phi) is 3.25. The number of rotatable bonds is 3. The molecule has 0 aliphatic rings. The highest BCUT2D eigenvalue weighted by Crippen LogP contribution is 2.03. The lowest BCUT2D eigenvalue weighted by molar-refractivity contribution is 0.652. The highest BCUT2D eigenvalue weighted by atomic mass is 16.1. The molecule has 0 saturated carbocycles. The lowest BCUT2D eigenvalue weighted by Crippen LogP contribution is -2.22. The Hall–Kier alpha value is -2.56. The number of nitrogens with zero attached hydrogens (tertiary/aromatic N) is 4. The Bertz CT molecular complexity index is 810. The summed E-state index contributed by atoms with van der Waals surface area (Å²) in [5, 5.41) is 0. The van der Waals surface area contributed by atoms with E-state index in [0.717, 1.165) is 11.4 Å². The standard InChI is InChI=1S/C15H14N4O/c1-11-4-2-5-12(18-11)7-9-19-10-17-13-6-3-8-16-14(13)15(19)20/h2-6,8,10H,7,9H2,1H3. The summed E-state index contributed by atoms with van der Waals surface area (Å²) in [5.74, 6) is 0. The first-order valence-corrected chi connectivity index (χ1v) is 6.47. The van der Waals surface area contributed by atoms with Crippen LogP contribution in [0.1, 0.15) is 11.4 Å². The van der Waals surface area contributed by atoms with E-state index in [2.05, 4.69) is 15.0 Å². The maximum absolute atomic E-state index is 12.3. The van der Waals surface area contributed by atoms with E-state index in [-0.39, 0.29) is 5.56 Å². The van der Waals surface area contributed by atoms with Gasteiger partial charge in [0.2, 0.25) is 0 Å². The summed E-state index contributed by atoms with van der Waals surface area (Å²) < 4.78 is 1.58. The van der Waals surface area contributed by atoms with Crippen molar-refractivity contribution in [2.45, 2.75) is 19.9 Å². The van der Waals surface area contributed by atoms with Crippen molar-refractivity contribution in [3.8, 4) is 0 Å². The average molecular weight is 266 g/mol. The molecule has 0 aliphatic heterocycles. The second-order valence-corrected chi connectivity index (χ2v) is 4.63. The predicted octanol–water partition coefficient (Wildman–Crippen LogP) is 1.74. The van der Waals surface area contributed by atoms with Crippen LogP contribution in [-0.4, -0.2) is 19.5 Å². The molecular weight excluding hydrogens is 252 g/mol. The summed E-state index contributed by atoms with van der Waals surface area (Å²) in [4.78, 5) is 25.0. The van der Waals surface area contributed by atoms with Crippen LogP contribution >= 0.6 is 0 Å². The quantitative estimate of drug-likeness (QED) is 0.724. The number of fused-ring (bicyclic) bond motifs is 1. The van der Waals surface area contributed by atoms with Crippen molar-refractivity contribution in [2.75, 3.05) is 0 Å². The van der Waals surface area contributed by atoms with Crippen LogP contribution in [0.4, 0.5) is 0 Å². The molecule has 0 N–H and O–H groups in total. The van der Waals surface area contributed by atoms with Crippen molar-refractivity contribution >= 4 is 11.0 Å². The highest BCUT2D eigenvalue weighted by Gasteiger charge is 2.05. The molecule has 0 amide bonds. The van der Waals surface area contributed by atoms with Gasteiger partial charge in [-0.15, -0.1) is 0 Å². The van der Waals surface area contributed by atoms with Crippen molar-refractivity contribution in [1.82, 2.24) is 19.5 Å². The maximum Gasteiger partial charge on any atom is 0.279 e. The normalized spacial score (nSPS) is 10.8. The molecule has 3 rings (SSSR count). The number of pyridine rings is 2. The Labute approximate surface area is 116 Å². The lowest BCUT2D eigenvalue weighted by Gasteiger charge is -2.06. The van der Waals surface area contributed by atoms with Gasteiger partial charge in [0.15, 0.2) is 5.52 Å². The summed E-state index contributed by atoms with van der Waals surface area (Å²) in [5.41, 5.74) is 2.88. The SMILES string of the molecule is Cc1cccc(CCn2cnc3cccnc3c2=O)n1. The van der Waals surface area contributed by atoms with Gasteiger partial charge in [0.05, 0.1) is 11.8 Å². The molecule has 5 heteroatoms. The van der Waals surface area contributed by atoms with E-state index in [1.54, 1.807) is 29.2 Å². The Morgan fingerprint density at radius 2 is 2.05 bits per heavy atom. The molecule has 0 saturated heterocycles. The van der Waals surface area contributed by atoms with Gasteiger partial charge in [-0.25, -0.2) is 9.97 Å². The first-order valence-electron chi connectivity index (χ1n) is 6.47. The van der Waals surface area contributed by atoms with Gasteiger partial charge < -0.3 is 0 Å². The van der Waals surface area contributed by atoms with Crippen molar-refractivity contribution in [1.29, 1.82) is 0 Å². The van der Waals surface area contributed by atoms with E-state index in [4.69, 9.17) is 0 Å². The third-order valence-electron chi connectivity index (χ3n) is 3.14. The van der Waals surface area contributed by atoms with E-state index in [1.165, 1.54) is 0 Å². The smallest absolute Gasteiger partial charge is 0.279 e. The average Bonchev–Trinajstić information content (AvgIpc) is 2.47. The van der Waals surface area contributed by atoms with E-state index in [0.29, 0.717) is 24.0 Å². The van der Waals surface area contributed by atoms with Gasteiger partial charge in [0.25, 0.3) is 5.56 Å². The fourth-order valence-corrected chi connectivity index (χ4v) is 2.12. The first kappa shape index (κ1) is 12.5. The Balaban J connectivity index is 1.88. The topological polar surface area (TPSA) is 60.7 Å². The fourth-order valence-electron chi connectivity index (χ4n) is 2.12. The molecule has 0 spiro atoms. The summed E-state index contributed by atoms with van der Waals surface area (Å²) in [6.07, 6.45) is 3.88. The minimum absolute atomic E-state index is 0.108. The third-order valence-corrected chi connectivity index (χ3v) is 3.14. The zero-order valence-corrected chi connectivity index (χ0v) is 11.2. The van der Waals surface area contributed by atoms with Gasteiger partial charge >= 0.3 is 0 Å². The van der Waals surface area contributed by atoms with Crippen LogP contribution in [0.5, 0.6) is 0 Å². The first-order chi connectivity index (χ1) is 9.74. The van der Waals surface area contributed by atoms with Gasteiger partial charge in [-0.3, -0.25) is 14.3 Å². The second-order valence-electron chi connectivity index (χ2n) is 4.63. The molecule has 0 aliphatic carbocycles. The van der Waals surface area contributed by atoms with Crippen molar-refractivity contribution in [3.05, 3.63) is 64.6 Å². The van der Waals surface area contributed by atoms with Crippen LogP contribution in [0.25, 0.3) is 11.0 Å². The molecule has 0 radical (unpaired) electrons. The highest BCUT2D eigenvalue weighted by molar-refractivity contribution is 5.71. The number of aryl methyl sites for hydroxylation is 3. The number of hydrogen-bond donors (Lipinski definition) is 0. The Morgan fingerprint density at radius 1 is 1.15 bits per heavy atom. The van der Waals surface area contributed by atoms with Crippen LogP contribution in [0.2, 0.25) is 0 Å². The van der Waals surface area contributed by atoms with Crippen LogP contribution < -0.4 is 5.56 Å². The molecule has 3 aromatic heterocycles. The molecule has 5 nitrogen and oxygen atoms in total. The van der Waals surface area contributed by atoms with E-state index in [1.807, 2.05) is 25.1 Å². The van der Waals surface area contributed by atoms with Gasteiger partial charge in [-0.2, -0.15) is 0 Å². The molecule has 3 aromatic rings. The van der Waals surface area contributed by atoms with Crippen molar-refractivity contribution in [2.24, 2.45) is 0 Å². The van der Waals surface area contributed by atoms with Crippen LogP contribution in [0.15, 0.2) is 47.7 Å². The summed E-state index contributed by atoms with van der Waals surface area (Å²) in [6, 6.07) is 9.45. The molecule has 0 atom stereocenters. The summed E-state index contributed by atoms with van der Waals surface area (Å²) >= 11 is 0. The molecular formula is C15H14N4O. The molecule has 100 valence electrons. The van der Waals surface area contributed by atoms with Gasteiger partial charge in [-0.05, 0) is 31.2 Å². The molecule has 20 heavy (non-hydrogen) atoms. The largest absolute Gasteiger partial charge is 0.297 e. The van der Waals surface area contributed by atoms with Crippen molar-refractivity contribution < 1.29 is 0 Å². The van der Waals surface area contributed by atoms with Gasteiger partial charge in [-0.1, -0.05) is 6.07 Å². The van der Waals surface area contributed by atoms with Crippen molar-refractivity contribution in [3.63, 3.8) is 0 Å². The predicted molar refractivity (Wildman–Crippen MR) is 76.5 cm³/mol. The number of hydrogen-bond acceptors (Lipinski definition) is 4. The van der Waals surface area contributed by atoms with Gasteiger partial charge in [0, 0.05) is 30.6 Å². The van der Waals surface area contributed by atoms with E-state index in [9.17, 15) is 4.79 Å². The van der Waals surface area contributed by atoms with Crippen LogP contribution in [-0.2, 0) is 13.0 Å². The maximum atomic E-state index is 12.3. The molecule has 3 heterocycles. The zero-order chi connectivity index (χ0) is 13.9. The lowest BCUT2D eigenvalue weighted by atomic mass is 10.2. The van der Waals surface area contributed by atoms with Gasteiger partial charge in [0.1, 0.15) is 0 Å². The third kappa shape index (κ3) is 2.42. The Morgan fingerprint density at radius 3 is 2.90 bits per heavy atom. The van der Waals surface area contributed by atoms with E-state index >= 15 is 0 Å². The second kappa shape index (κ2) is 5.21. The minimum Gasteiger partial charge on any atom is -0.297 e. The molecule has 0 unspecified atom stereocenters. The van der Waals surface area contributed by atoms with Crippen LogP contribution in [0.3, 0.4) is 0 Å². The summed E-state index contributed by atoms with van der Waals surface area (Å²) in [6.45, 7) is 2.51. The molecule has 0 bridgehead atoms. The fraction of sp³-hybridized carbons (Fsp3) is 0.200.